The third kappa shape index (κ3) is 2.91. The van der Waals surface area contributed by atoms with Gasteiger partial charge >= 0.3 is 0 Å². The summed E-state index contributed by atoms with van der Waals surface area (Å²) in [5.41, 5.74) is 3.93. The summed E-state index contributed by atoms with van der Waals surface area (Å²) in [5.74, 6) is 6.33. The molecular weight excluding hydrogens is 228 g/mol. The van der Waals surface area contributed by atoms with Crippen molar-refractivity contribution in [2.24, 2.45) is 5.84 Å². The third-order valence-corrected chi connectivity index (χ3v) is 2.82. The molecule has 0 spiro atoms. The molecule has 6 heteroatoms. The Bertz CT molecular complexity index is 466. The molecule has 0 aliphatic heterocycles. The molecule has 1 aromatic heterocycles. The molecule has 96 valence electrons. The van der Waals surface area contributed by atoms with Gasteiger partial charge in [0.2, 0.25) is 0 Å². The SMILES string of the molecule is CCC[C@@H](NN)c1nnnn1Cc1ccccc1. The Balaban J connectivity index is 2.17. The van der Waals surface area contributed by atoms with Gasteiger partial charge in [-0.1, -0.05) is 43.7 Å². The Morgan fingerprint density at radius 1 is 1.33 bits per heavy atom. The molecule has 2 rings (SSSR count). The molecule has 0 radical (unpaired) electrons. The second-order valence-corrected chi connectivity index (χ2v) is 4.19. The van der Waals surface area contributed by atoms with Crippen LogP contribution in [0.25, 0.3) is 0 Å². The van der Waals surface area contributed by atoms with E-state index in [-0.39, 0.29) is 6.04 Å². The lowest BCUT2D eigenvalue weighted by molar-refractivity contribution is 0.456. The van der Waals surface area contributed by atoms with Crippen molar-refractivity contribution in [3.63, 3.8) is 0 Å². The average Bonchev–Trinajstić information content (AvgIpc) is 2.85. The molecule has 1 aromatic carbocycles. The molecule has 0 unspecified atom stereocenters. The van der Waals surface area contributed by atoms with E-state index in [0.717, 1.165) is 18.7 Å². The van der Waals surface area contributed by atoms with E-state index in [0.29, 0.717) is 6.54 Å². The van der Waals surface area contributed by atoms with Gasteiger partial charge in [0.15, 0.2) is 5.82 Å². The zero-order chi connectivity index (χ0) is 12.8. The first-order valence-corrected chi connectivity index (χ1v) is 6.11. The quantitative estimate of drug-likeness (QED) is 0.587. The molecule has 0 fully saturated rings. The molecule has 3 N–H and O–H groups in total. The number of aromatic nitrogens is 4. The summed E-state index contributed by atoms with van der Waals surface area (Å²) in [4.78, 5) is 0. The minimum atomic E-state index is -0.00582. The second kappa shape index (κ2) is 6.23. The number of nitrogens with zero attached hydrogens (tertiary/aromatic N) is 4. The highest BCUT2D eigenvalue weighted by molar-refractivity contribution is 5.15. The van der Waals surface area contributed by atoms with E-state index in [4.69, 9.17) is 5.84 Å². The monoisotopic (exact) mass is 246 g/mol. The maximum atomic E-state index is 5.55. The number of nitrogens with two attached hydrogens (primary N) is 1. The first-order valence-electron chi connectivity index (χ1n) is 6.11. The highest BCUT2D eigenvalue weighted by Gasteiger charge is 2.16. The molecule has 0 amide bonds. The molecule has 0 bridgehead atoms. The lowest BCUT2D eigenvalue weighted by Gasteiger charge is -2.14. The van der Waals surface area contributed by atoms with Gasteiger partial charge in [0.25, 0.3) is 0 Å². The van der Waals surface area contributed by atoms with Gasteiger partial charge in [-0.2, -0.15) is 0 Å². The Morgan fingerprint density at radius 2 is 2.11 bits per heavy atom. The summed E-state index contributed by atoms with van der Waals surface area (Å²) in [5, 5.41) is 11.8. The van der Waals surface area contributed by atoms with Crippen molar-refractivity contribution in [3.05, 3.63) is 41.7 Å². The average molecular weight is 246 g/mol. The molecule has 18 heavy (non-hydrogen) atoms. The van der Waals surface area contributed by atoms with Gasteiger partial charge in [0.05, 0.1) is 12.6 Å². The van der Waals surface area contributed by atoms with Crippen LogP contribution in [0.15, 0.2) is 30.3 Å². The zero-order valence-electron chi connectivity index (χ0n) is 10.5. The molecule has 6 nitrogen and oxygen atoms in total. The van der Waals surface area contributed by atoms with Crippen LogP contribution in [0.4, 0.5) is 0 Å². The van der Waals surface area contributed by atoms with E-state index in [1.807, 2.05) is 18.2 Å². The first-order chi connectivity index (χ1) is 8.85. The fourth-order valence-electron chi connectivity index (χ4n) is 1.91. The van der Waals surface area contributed by atoms with Gasteiger partial charge in [0.1, 0.15) is 0 Å². The van der Waals surface area contributed by atoms with Gasteiger partial charge in [-0.15, -0.1) is 5.10 Å². The second-order valence-electron chi connectivity index (χ2n) is 4.19. The summed E-state index contributed by atoms with van der Waals surface area (Å²) >= 11 is 0. The summed E-state index contributed by atoms with van der Waals surface area (Å²) in [7, 11) is 0. The van der Waals surface area contributed by atoms with Crippen molar-refractivity contribution in [2.75, 3.05) is 0 Å². The Kier molecular flexibility index (Phi) is 4.38. The largest absolute Gasteiger partial charge is 0.271 e. The van der Waals surface area contributed by atoms with Crippen LogP contribution in [-0.2, 0) is 6.54 Å². The molecule has 0 saturated heterocycles. The van der Waals surface area contributed by atoms with Crippen molar-refractivity contribution < 1.29 is 0 Å². The van der Waals surface area contributed by atoms with Crippen LogP contribution in [-0.4, -0.2) is 20.2 Å². The number of nitrogens with one attached hydrogen (secondary N) is 1. The van der Waals surface area contributed by atoms with E-state index in [2.05, 4.69) is 40.0 Å². The predicted molar refractivity (Wildman–Crippen MR) is 68.3 cm³/mol. The van der Waals surface area contributed by atoms with Gasteiger partial charge in [-0.3, -0.25) is 5.84 Å². The Hall–Kier alpha value is -1.79. The van der Waals surface area contributed by atoms with E-state index >= 15 is 0 Å². The van der Waals surface area contributed by atoms with Crippen LogP contribution in [0.5, 0.6) is 0 Å². The minimum absolute atomic E-state index is 0.00582. The van der Waals surface area contributed by atoms with E-state index in [9.17, 15) is 0 Å². The van der Waals surface area contributed by atoms with Crippen molar-refractivity contribution in [2.45, 2.75) is 32.4 Å². The van der Waals surface area contributed by atoms with Crippen LogP contribution in [0.3, 0.4) is 0 Å². The summed E-state index contributed by atoms with van der Waals surface area (Å²) < 4.78 is 1.79. The van der Waals surface area contributed by atoms with Gasteiger partial charge in [0, 0.05) is 0 Å². The number of hydrogen-bond acceptors (Lipinski definition) is 5. The lowest BCUT2D eigenvalue weighted by atomic mass is 10.1. The van der Waals surface area contributed by atoms with Gasteiger partial charge in [-0.05, 0) is 22.4 Å². The van der Waals surface area contributed by atoms with Gasteiger partial charge in [-0.25, -0.2) is 10.1 Å². The fraction of sp³-hybridized carbons (Fsp3) is 0.417. The maximum absolute atomic E-state index is 5.55. The van der Waals surface area contributed by atoms with Crippen molar-refractivity contribution in [3.8, 4) is 0 Å². The predicted octanol–water partition coefficient (Wildman–Crippen LogP) is 1.03. The Morgan fingerprint density at radius 3 is 2.78 bits per heavy atom. The van der Waals surface area contributed by atoms with Crippen molar-refractivity contribution >= 4 is 0 Å². The van der Waals surface area contributed by atoms with E-state index in [1.54, 1.807) is 4.68 Å². The Labute approximate surface area is 106 Å². The smallest absolute Gasteiger partial charge is 0.169 e. The number of rotatable bonds is 6. The molecular formula is C12H18N6. The minimum Gasteiger partial charge on any atom is -0.271 e. The maximum Gasteiger partial charge on any atom is 0.169 e. The summed E-state index contributed by atoms with van der Waals surface area (Å²) in [6.07, 6.45) is 1.93. The van der Waals surface area contributed by atoms with Crippen LogP contribution in [0.2, 0.25) is 0 Å². The number of benzene rings is 1. The number of hydrogen-bond donors (Lipinski definition) is 2. The van der Waals surface area contributed by atoms with Crippen LogP contribution in [0, 0.1) is 0 Å². The molecule has 1 atom stereocenters. The van der Waals surface area contributed by atoms with Crippen molar-refractivity contribution in [1.29, 1.82) is 0 Å². The first kappa shape index (κ1) is 12.7. The lowest BCUT2D eigenvalue weighted by Crippen LogP contribution is -2.30. The topological polar surface area (TPSA) is 81.7 Å². The standard InChI is InChI=1S/C12H18N6/c1-2-6-11(14-13)12-15-16-17-18(12)9-10-7-4-3-5-8-10/h3-5,7-8,11,14H,2,6,9,13H2,1H3/t11-/m1/s1. The van der Waals surface area contributed by atoms with E-state index < -0.39 is 0 Å². The summed E-state index contributed by atoms with van der Waals surface area (Å²) in [6.45, 7) is 2.76. The molecule has 2 aromatic rings. The van der Waals surface area contributed by atoms with Crippen molar-refractivity contribution in [1.82, 2.24) is 25.6 Å². The fourth-order valence-corrected chi connectivity index (χ4v) is 1.91. The molecule has 1 heterocycles. The molecule has 0 aliphatic carbocycles. The zero-order valence-corrected chi connectivity index (χ0v) is 10.5. The normalized spacial score (nSPS) is 12.6. The number of tetrazole rings is 1. The highest BCUT2D eigenvalue weighted by atomic mass is 15.5. The highest BCUT2D eigenvalue weighted by Crippen LogP contribution is 2.15. The molecule has 0 aliphatic rings. The molecule has 0 saturated carbocycles. The van der Waals surface area contributed by atoms with Crippen LogP contribution >= 0.6 is 0 Å². The van der Waals surface area contributed by atoms with Gasteiger partial charge < -0.3 is 0 Å². The van der Waals surface area contributed by atoms with E-state index in [1.165, 1.54) is 5.56 Å². The summed E-state index contributed by atoms with van der Waals surface area (Å²) in [6, 6.07) is 10.1. The van der Waals surface area contributed by atoms with Crippen LogP contribution in [0.1, 0.15) is 37.2 Å². The third-order valence-electron chi connectivity index (χ3n) is 2.82. The number of hydrazine groups is 1. The van der Waals surface area contributed by atoms with Crippen LogP contribution < -0.4 is 11.3 Å².